The number of carbonyl (C=O) groups is 2. The maximum atomic E-state index is 12.2. The van der Waals surface area contributed by atoms with Gasteiger partial charge in [-0.2, -0.15) is 0 Å². The highest BCUT2D eigenvalue weighted by molar-refractivity contribution is 6.30. The number of carbonyl (C=O) groups excluding carboxylic acids is 2. The monoisotopic (exact) mass is 372 g/mol. The van der Waals surface area contributed by atoms with Gasteiger partial charge in [-0.05, 0) is 61.2 Å². The third-order valence-corrected chi connectivity index (χ3v) is 4.55. The predicted octanol–water partition coefficient (Wildman–Crippen LogP) is 3.60. The Morgan fingerprint density at radius 3 is 2.46 bits per heavy atom. The Balaban J connectivity index is 1.43. The number of amides is 2. The van der Waals surface area contributed by atoms with Crippen LogP contribution in [-0.2, 0) is 9.59 Å². The van der Waals surface area contributed by atoms with E-state index in [1.165, 1.54) is 0 Å². The highest BCUT2D eigenvalue weighted by Crippen LogP contribution is 2.47. The van der Waals surface area contributed by atoms with Gasteiger partial charge in [-0.3, -0.25) is 9.59 Å². The van der Waals surface area contributed by atoms with Gasteiger partial charge in [0, 0.05) is 16.6 Å². The molecule has 0 radical (unpaired) electrons. The van der Waals surface area contributed by atoms with Gasteiger partial charge < -0.3 is 15.4 Å². The molecule has 26 heavy (non-hydrogen) atoms. The quantitative estimate of drug-likeness (QED) is 0.780. The topological polar surface area (TPSA) is 67.4 Å². The van der Waals surface area contributed by atoms with Crippen molar-refractivity contribution in [2.24, 2.45) is 5.92 Å². The summed E-state index contributed by atoms with van der Waals surface area (Å²) >= 11 is 5.88. The molecule has 2 unspecified atom stereocenters. The molecule has 0 spiro atoms. The first kappa shape index (κ1) is 18.3. The van der Waals surface area contributed by atoms with Gasteiger partial charge in [-0.15, -0.1) is 0 Å². The first-order chi connectivity index (χ1) is 12.6. The van der Waals surface area contributed by atoms with Crippen LogP contribution in [-0.4, -0.2) is 25.0 Å². The maximum Gasteiger partial charge on any atom is 0.243 e. The van der Waals surface area contributed by atoms with E-state index in [1.807, 2.05) is 31.2 Å². The normalized spacial score (nSPS) is 18.1. The van der Waals surface area contributed by atoms with Gasteiger partial charge in [-0.25, -0.2) is 0 Å². The fraction of sp³-hybridized carbons (Fsp3) is 0.300. The second kappa shape index (κ2) is 8.23. The third kappa shape index (κ3) is 4.76. The smallest absolute Gasteiger partial charge is 0.243 e. The molecule has 1 aliphatic rings. The molecule has 0 saturated heterocycles. The van der Waals surface area contributed by atoms with Crippen LogP contribution in [0.5, 0.6) is 5.75 Å². The summed E-state index contributed by atoms with van der Waals surface area (Å²) in [5.74, 6) is 0.537. The van der Waals surface area contributed by atoms with E-state index in [0.717, 1.165) is 17.7 Å². The molecule has 2 aromatic carbocycles. The fourth-order valence-corrected chi connectivity index (χ4v) is 2.99. The highest BCUT2D eigenvalue weighted by atomic mass is 35.5. The van der Waals surface area contributed by atoms with Crippen molar-refractivity contribution in [2.45, 2.75) is 19.3 Å². The molecule has 0 bridgehead atoms. The highest BCUT2D eigenvalue weighted by Gasteiger charge is 2.43. The Morgan fingerprint density at radius 2 is 1.81 bits per heavy atom. The number of anilines is 1. The van der Waals surface area contributed by atoms with E-state index in [0.29, 0.717) is 17.3 Å². The van der Waals surface area contributed by atoms with Crippen LogP contribution in [0, 0.1) is 5.92 Å². The van der Waals surface area contributed by atoms with Crippen LogP contribution in [0.15, 0.2) is 48.5 Å². The zero-order valence-corrected chi connectivity index (χ0v) is 15.3. The van der Waals surface area contributed by atoms with Gasteiger partial charge in [0.15, 0.2) is 0 Å². The minimum absolute atomic E-state index is 0.0458. The Hall–Kier alpha value is -2.53. The van der Waals surface area contributed by atoms with Crippen LogP contribution in [0.1, 0.15) is 24.8 Å². The minimum Gasteiger partial charge on any atom is -0.494 e. The van der Waals surface area contributed by atoms with Crippen LogP contribution in [0.2, 0.25) is 5.02 Å². The molecule has 6 heteroatoms. The van der Waals surface area contributed by atoms with Gasteiger partial charge >= 0.3 is 0 Å². The zero-order valence-electron chi connectivity index (χ0n) is 14.5. The average Bonchev–Trinajstić information content (AvgIpc) is 3.43. The summed E-state index contributed by atoms with van der Waals surface area (Å²) in [5, 5.41) is 6.14. The van der Waals surface area contributed by atoms with E-state index >= 15 is 0 Å². The van der Waals surface area contributed by atoms with Crippen molar-refractivity contribution in [1.29, 1.82) is 0 Å². The van der Waals surface area contributed by atoms with Gasteiger partial charge in [0.1, 0.15) is 5.75 Å². The number of halogens is 1. The van der Waals surface area contributed by atoms with Crippen LogP contribution in [0.25, 0.3) is 0 Å². The molecule has 2 amide bonds. The summed E-state index contributed by atoms with van der Waals surface area (Å²) < 4.78 is 5.35. The Labute approximate surface area is 157 Å². The molecule has 2 aromatic rings. The van der Waals surface area contributed by atoms with Crippen LogP contribution < -0.4 is 15.4 Å². The molecule has 1 saturated carbocycles. The van der Waals surface area contributed by atoms with E-state index in [1.54, 1.807) is 24.3 Å². The molecule has 0 aromatic heterocycles. The van der Waals surface area contributed by atoms with Crippen molar-refractivity contribution < 1.29 is 14.3 Å². The molecule has 2 N–H and O–H groups in total. The molecule has 1 aliphatic carbocycles. The molecule has 136 valence electrons. The van der Waals surface area contributed by atoms with Crippen LogP contribution in [0.4, 0.5) is 5.69 Å². The van der Waals surface area contributed by atoms with Gasteiger partial charge in [0.2, 0.25) is 11.8 Å². The first-order valence-electron chi connectivity index (χ1n) is 8.62. The van der Waals surface area contributed by atoms with Crippen molar-refractivity contribution in [3.63, 3.8) is 0 Å². The van der Waals surface area contributed by atoms with Crippen molar-refractivity contribution in [1.82, 2.24) is 5.32 Å². The number of rotatable bonds is 7. The SMILES string of the molecule is CCOc1ccc(NC(=O)CNC(=O)C2CC2c2ccc(Cl)cc2)cc1. The fourth-order valence-electron chi connectivity index (χ4n) is 2.87. The summed E-state index contributed by atoms with van der Waals surface area (Å²) in [4.78, 5) is 24.2. The summed E-state index contributed by atoms with van der Waals surface area (Å²) in [6.07, 6.45) is 0.800. The number of benzene rings is 2. The molecule has 1 fully saturated rings. The molecule has 2 atom stereocenters. The zero-order chi connectivity index (χ0) is 18.5. The Kier molecular flexibility index (Phi) is 5.78. The van der Waals surface area contributed by atoms with E-state index in [-0.39, 0.29) is 30.2 Å². The summed E-state index contributed by atoms with van der Waals surface area (Å²) in [6, 6.07) is 14.7. The van der Waals surface area contributed by atoms with E-state index in [9.17, 15) is 9.59 Å². The molecule has 0 aliphatic heterocycles. The lowest BCUT2D eigenvalue weighted by molar-refractivity contribution is -0.125. The van der Waals surface area contributed by atoms with Gasteiger partial charge in [-0.1, -0.05) is 23.7 Å². The standard InChI is InChI=1S/C20H21ClN2O3/c1-2-26-16-9-7-15(8-10-16)23-19(24)12-22-20(25)18-11-17(18)13-3-5-14(21)6-4-13/h3-10,17-18H,2,11-12H2,1H3,(H,22,25)(H,23,24). The summed E-state index contributed by atoms with van der Waals surface area (Å²) in [5.41, 5.74) is 1.77. The first-order valence-corrected chi connectivity index (χ1v) is 9.00. The number of nitrogens with one attached hydrogen (secondary N) is 2. The lowest BCUT2D eigenvalue weighted by Crippen LogP contribution is -2.34. The molecule has 5 nitrogen and oxygen atoms in total. The molecule has 0 heterocycles. The molecule has 3 rings (SSSR count). The van der Waals surface area contributed by atoms with Crippen molar-refractivity contribution in [3.8, 4) is 5.75 Å². The minimum atomic E-state index is -0.258. The number of hydrogen-bond acceptors (Lipinski definition) is 3. The second-order valence-electron chi connectivity index (χ2n) is 6.22. The largest absolute Gasteiger partial charge is 0.494 e. The average molecular weight is 373 g/mol. The van der Waals surface area contributed by atoms with Gasteiger partial charge in [0.25, 0.3) is 0 Å². The van der Waals surface area contributed by atoms with E-state index in [4.69, 9.17) is 16.3 Å². The molecular formula is C20H21ClN2O3. The summed E-state index contributed by atoms with van der Waals surface area (Å²) in [7, 11) is 0. The van der Waals surface area contributed by atoms with Crippen LogP contribution in [0.3, 0.4) is 0 Å². The van der Waals surface area contributed by atoms with Crippen LogP contribution >= 0.6 is 11.6 Å². The maximum absolute atomic E-state index is 12.2. The lowest BCUT2D eigenvalue weighted by atomic mass is 10.1. The number of hydrogen-bond donors (Lipinski definition) is 2. The lowest BCUT2D eigenvalue weighted by Gasteiger charge is -2.08. The summed E-state index contributed by atoms with van der Waals surface area (Å²) in [6.45, 7) is 2.46. The molecular weight excluding hydrogens is 352 g/mol. The Morgan fingerprint density at radius 1 is 1.12 bits per heavy atom. The van der Waals surface area contributed by atoms with E-state index in [2.05, 4.69) is 10.6 Å². The van der Waals surface area contributed by atoms with Crippen molar-refractivity contribution >= 4 is 29.1 Å². The third-order valence-electron chi connectivity index (χ3n) is 4.30. The number of ether oxygens (including phenoxy) is 1. The van der Waals surface area contributed by atoms with E-state index < -0.39 is 0 Å². The predicted molar refractivity (Wildman–Crippen MR) is 102 cm³/mol. The second-order valence-corrected chi connectivity index (χ2v) is 6.66. The Bertz CT molecular complexity index is 775. The van der Waals surface area contributed by atoms with Crippen molar-refractivity contribution in [3.05, 3.63) is 59.1 Å². The van der Waals surface area contributed by atoms with Crippen molar-refractivity contribution in [2.75, 3.05) is 18.5 Å². The van der Waals surface area contributed by atoms with Gasteiger partial charge in [0.05, 0.1) is 13.2 Å².